The van der Waals surface area contributed by atoms with Crippen molar-refractivity contribution >= 4 is 34.1 Å². The molecule has 1 amide bonds. The average molecular weight is 511 g/mol. The van der Waals surface area contributed by atoms with Gasteiger partial charge in [0, 0.05) is 72.9 Å². The van der Waals surface area contributed by atoms with E-state index in [4.69, 9.17) is 4.98 Å². The first kappa shape index (κ1) is 23.8. The molecule has 0 spiro atoms. The summed E-state index contributed by atoms with van der Waals surface area (Å²) >= 11 is 0. The largest absolute Gasteiger partial charge is 0.363 e. The zero-order valence-corrected chi connectivity index (χ0v) is 21.2. The number of piperazine rings is 1. The van der Waals surface area contributed by atoms with Crippen molar-refractivity contribution in [2.24, 2.45) is 0 Å². The molecule has 5 heterocycles. The van der Waals surface area contributed by atoms with Crippen LogP contribution in [0.4, 0.5) is 16.0 Å². The highest BCUT2D eigenvalue weighted by molar-refractivity contribution is 5.94. The van der Waals surface area contributed by atoms with Crippen LogP contribution in [-0.4, -0.2) is 61.6 Å². The summed E-state index contributed by atoms with van der Waals surface area (Å²) in [4.78, 5) is 30.3. The molecule has 0 bridgehead atoms. The van der Waals surface area contributed by atoms with Crippen LogP contribution in [0, 0.1) is 12.7 Å². The van der Waals surface area contributed by atoms with Crippen molar-refractivity contribution in [2.75, 3.05) is 36.4 Å². The van der Waals surface area contributed by atoms with E-state index >= 15 is 0 Å². The van der Waals surface area contributed by atoms with Crippen molar-refractivity contribution in [2.45, 2.75) is 19.9 Å². The molecular formula is C28H27FN8O. The molecule has 0 saturated carbocycles. The zero-order chi connectivity index (χ0) is 26.2. The molecule has 6 rings (SSSR count). The Morgan fingerprint density at radius 3 is 2.58 bits per heavy atom. The number of carbonyl (C=O) groups excluding carboxylic acids is 1. The first-order chi connectivity index (χ1) is 18.5. The second-order valence-electron chi connectivity index (χ2n) is 9.46. The summed E-state index contributed by atoms with van der Waals surface area (Å²) in [7, 11) is 0. The lowest BCUT2D eigenvalue weighted by Gasteiger charge is -2.37. The van der Waals surface area contributed by atoms with Crippen molar-refractivity contribution in [1.82, 2.24) is 29.5 Å². The predicted molar refractivity (Wildman–Crippen MR) is 144 cm³/mol. The van der Waals surface area contributed by atoms with Crippen LogP contribution in [-0.2, 0) is 0 Å². The quantitative estimate of drug-likeness (QED) is 0.378. The Labute approximate surface area is 219 Å². The molecular weight excluding hydrogens is 483 g/mol. The summed E-state index contributed by atoms with van der Waals surface area (Å²) in [6.45, 7) is 6.17. The maximum atomic E-state index is 14.5. The number of nitrogens with zero attached hydrogens (tertiary/aromatic N) is 7. The molecule has 4 aromatic heterocycles. The molecule has 9 nitrogen and oxygen atoms in total. The number of hydrogen-bond acceptors (Lipinski definition) is 7. The molecule has 1 N–H and O–H groups in total. The number of anilines is 2. The van der Waals surface area contributed by atoms with Gasteiger partial charge in [0.15, 0.2) is 5.65 Å². The fourth-order valence-electron chi connectivity index (χ4n) is 4.98. The third-order valence-electron chi connectivity index (χ3n) is 7.10. The van der Waals surface area contributed by atoms with Crippen LogP contribution in [0.2, 0.25) is 0 Å². The third kappa shape index (κ3) is 4.27. The van der Waals surface area contributed by atoms with Gasteiger partial charge < -0.3 is 15.1 Å². The molecule has 0 radical (unpaired) electrons. The summed E-state index contributed by atoms with van der Waals surface area (Å²) < 4.78 is 16.2. The van der Waals surface area contributed by atoms with E-state index in [1.165, 1.54) is 6.07 Å². The van der Waals surface area contributed by atoms with Crippen LogP contribution < -0.4 is 10.2 Å². The maximum Gasteiger partial charge on any atom is 0.254 e. The normalized spacial score (nSPS) is 14.7. The lowest BCUT2D eigenvalue weighted by Crippen LogP contribution is -2.49. The molecule has 0 aliphatic carbocycles. The zero-order valence-electron chi connectivity index (χ0n) is 21.2. The first-order valence-corrected chi connectivity index (χ1v) is 12.6. The highest BCUT2D eigenvalue weighted by Crippen LogP contribution is 2.33. The molecule has 38 heavy (non-hydrogen) atoms. The van der Waals surface area contributed by atoms with E-state index in [1.54, 1.807) is 54.4 Å². The van der Waals surface area contributed by atoms with Gasteiger partial charge in [-0.25, -0.2) is 14.4 Å². The highest BCUT2D eigenvalue weighted by atomic mass is 19.1. The Morgan fingerprint density at radius 1 is 1.00 bits per heavy atom. The van der Waals surface area contributed by atoms with Crippen molar-refractivity contribution in [3.05, 3.63) is 89.8 Å². The van der Waals surface area contributed by atoms with E-state index in [-0.39, 0.29) is 17.8 Å². The van der Waals surface area contributed by atoms with Gasteiger partial charge in [-0.15, -0.1) is 0 Å². The van der Waals surface area contributed by atoms with E-state index in [9.17, 15) is 9.18 Å². The van der Waals surface area contributed by atoms with Crippen LogP contribution in [0.15, 0.2) is 67.3 Å². The standard InChI is InChI=1S/C28H27FN8O/c1-18-23(29)4-3-21-17-22(19(2)33-25-7-11-31-24-8-12-32-37(24)25)27(34-26(18)21)35-13-15-36(16-14-35)28(38)20-5-9-30-10-6-20/h3-12,17,19,33H,13-16H2,1-2H3/t19-/m0/s1. The number of halogens is 1. The van der Waals surface area contributed by atoms with Crippen LogP contribution in [0.5, 0.6) is 0 Å². The van der Waals surface area contributed by atoms with Gasteiger partial charge in [-0.05, 0) is 50.2 Å². The van der Waals surface area contributed by atoms with Crippen LogP contribution >= 0.6 is 0 Å². The second-order valence-corrected chi connectivity index (χ2v) is 9.46. The summed E-state index contributed by atoms with van der Waals surface area (Å²) in [5.74, 6) is 1.31. The lowest BCUT2D eigenvalue weighted by atomic mass is 10.0. The Hall–Kier alpha value is -4.60. The van der Waals surface area contributed by atoms with E-state index < -0.39 is 0 Å². The van der Waals surface area contributed by atoms with Gasteiger partial charge in [-0.2, -0.15) is 9.61 Å². The second kappa shape index (κ2) is 9.70. The van der Waals surface area contributed by atoms with Crippen molar-refractivity contribution < 1.29 is 9.18 Å². The Kier molecular flexibility index (Phi) is 6.07. The number of amides is 1. The smallest absolute Gasteiger partial charge is 0.254 e. The highest BCUT2D eigenvalue weighted by Gasteiger charge is 2.26. The number of rotatable bonds is 5. The fraction of sp³-hybridized carbons (Fsp3) is 0.250. The van der Waals surface area contributed by atoms with Gasteiger partial charge in [-0.1, -0.05) is 0 Å². The lowest BCUT2D eigenvalue weighted by molar-refractivity contribution is 0.0746. The summed E-state index contributed by atoms with van der Waals surface area (Å²) in [6.07, 6.45) is 6.72. The van der Waals surface area contributed by atoms with E-state index in [0.29, 0.717) is 42.8 Å². The number of pyridine rings is 2. The number of aryl methyl sites for hydroxylation is 1. The Morgan fingerprint density at radius 2 is 1.79 bits per heavy atom. The topological polar surface area (TPSA) is 91.6 Å². The van der Waals surface area contributed by atoms with Crippen molar-refractivity contribution in [1.29, 1.82) is 0 Å². The van der Waals surface area contributed by atoms with Crippen molar-refractivity contribution in [3.8, 4) is 0 Å². The maximum absolute atomic E-state index is 14.5. The Balaban J connectivity index is 1.33. The molecule has 1 atom stereocenters. The fourth-order valence-corrected chi connectivity index (χ4v) is 4.98. The van der Waals surface area contributed by atoms with E-state index in [2.05, 4.69) is 38.3 Å². The monoisotopic (exact) mass is 510 g/mol. The van der Waals surface area contributed by atoms with Crippen LogP contribution in [0.3, 0.4) is 0 Å². The number of nitrogens with one attached hydrogen (secondary N) is 1. The van der Waals surface area contributed by atoms with Gasteiger partial charge >= 0.3 is 0 Å². The van der Waals surface area contributed by atoms with E-state index in [1.807, 2.05) is 17.0 Å². The molecule has 1 aliphatic rings. The molecule has 10 heteroatoms. The molecule has 1 aliphatic heterocycles. The van der Waals surface area contributed by atoms with Crippen LogP contribution in [0.25, 0.3) is 16.6 Å². The summed E-state index contributed by atoms with van der Waals surface area (Å²) in [6, 6.07) is 12.4. The minimum absolute atomic E-state index is 0.00683. The SMILES string of the molecule is Cc1c(F)ccc2cc([C@H](C)Nc3ccnc4ccnn34)c(N3CCN(C(=O)c4ccncc4)CC3)nc12. The molecule has 1 fully saturated rings. The predicted octanol–water partition coefficient (Wildman–Crippen LogP) is 4.26. The van der Waals surface area contributed by atoms with Crippen LogP contribution in [0.1, 0.15) is 34.5 Å². The summed E-state index contributed by atoms with van der Waals surface area (Å²) in [5, 5.41) is 8.81. The minimum Gasteiger partial charge on any atom is -0.363 e. The van der Waals surface area contributed by atoms with Crippen molar-refractivity contribution in [3.63, 3.8) is 0 Å². The number of fused-ring (bicyclic) bond motifs is 2. The van der Waals surface area contributed by atoms with Gasteiger partial charge in [0.05, 0.1) is 17.8 Å². The molecule has 192 valence electrons. The number of carbonyl (C=O) groups is 1. The van der Waals surface area contributed by atoms with Gasteiger partial charge in [0.2, 0.25) is 0 Å². The minimum atomic E-state index is -0.277. The van der Waals surface area contributed by atoms with Gasteiger partial charge in [0.25, 0.3) is 5.91 Å². The number of benzene rings is 1. The summed E-state index contributed by atoms with van der Waals surface area (Å²) in [5.41, 5.74) is 3.53. The Bertz CT molecular complexity index is 1630. The van der Waals surface area contributed by atoms with Gasteiger partial charge in [0.1, 0.15) is 17.5 Å². The molecule has 1 aromatic carbocycles. The van der Waals surface area contributed by atoms with Gasteiger partial charge in [-0.3, -0.25) is 9.78 Å². The number of hydrogen-bond donors (Lipinski definition) is 1. The van der Waals surface area contributed by atoms with E-state index in [0.717, 1.165) is 28.2 Å². The first-order valence-electron chi connectivity index (χ1n) is 12.6. The molecule has 0 unspecified atom stereocenters. The number of aromatic nitrogens is 5. The molecule has 1 saturated heterocycles. The third-order valence-corrected chi connectivity index (χ3v) is 7.10. The average Bonchev–Trinajstić information content (AvgIpc) is 3.45. The molecule has 5 aromatic rings.